The smallest absolute Gasteiger partial charge is 0.462 e. The number of rotatable bonds is 83. The van der Waals surface area contributed by atoms with Gasteiger partial charge in [-0.2, -0.15) is 0 Å². The second-order valence-electron chi connectivity index (χ2n) is 30.3. The van der Waals surface area contributed by atoms with E-state index in [4.69, 9.17) is 37.0 Å². The van der Waals surface area contributed by atoms with Gasteiger partial charge in [-0.3, -0.25) is 37.3 Å². The molecule has 606 valence electrons. The number of esters is 4. The molecule has 2 unspecified atom stereocenters. The quantitative estimate of drug-likeness (QED) is 0.0222. The Balaban J connectivity index is 5.25. The van der Waals surface area contributed by atoms with Crippen LogP contribution in [0.5, 0.6) is 0 Å². The number of hydrogen-bond acceptors (Lipinski definition) is 15. The van der Waals surface area contributed by atoms with E-state index in [0.29, 0.717) is 25.7 Å². The number of unbranched alkanes of at least 4 members (excludes halogenated alkanes) is 55. The topological polar surface area (TPSA) is 237 Å². The second kappa shape index (κ2) is 75.9. The monoisotopic (exact) mass is 1490 g/mol. The van der Waals surface area contributed by atoms with Gasteiger partial charge in [0.15, 0.2) is 12.2 Å². The molecule has 0 aliphatic rings. The van der Waals surface area contributed by atoms with Gasteiger partial charge in [-0.15, -0.1) is 0 Å². The summed E-state index contributed by atoms with van der Waals surface area (Å²) in [5, 5.41) is 10.7. The van der Waals surface area contributed by atoms with E-state index < -0.39 is 97.5 Å². The summed E-state index contributed by atoms with van der Waals surface area (Å²) in [6.07, 6.45) is 67.8. The van der Waals surface area contributed by atoms with Gasteiger partial charge in [0.25, 0.3) is 0 Å². The zero-order valence-electron chi connectivity index (χ0n) is 66.8. The van der Waals surface area contributed by atoms with Crippen molar-refractivity contribution in [3.8, 4) is 0 Å². The van der Waals surface area contributed by atoms with Crippen LogP contribution in [0.2, 0.25) is 0 Å². The fourth-order valence-electron chi connectivity index (χ4n) is 12.9. The molecule has 3 N–H and O–H groups in total. The fraction of sp³-hybridized carbons (Fsp3) is 0.952. The number of phosphoric acid groups is 2. The van der Waals surface area contributed by atoms with E-state index >= 15 is 0 Å². The van der Waals surface area contributed by atoms with Gasteiger partial charge < -0.3 is 33.8 Å². The van der Waals surface area contributed by atoms with E-state index in [1.807, 2.05) is 0 Å². The van der Waals surface area contributed by atoms with E-state index in [2.05, 4.69) is 34.6 Å². The number of phosphoric ester groups is 2. The van der Waals surface area contributed by atoms with Crippen LogP contribution >= 0.6 is 15.6 Å². The van der Waals surface area contributed by atoms with Crippen molar-refractivity contribution in [1.82, 2.24) is 0 Å². The van der Waals surface area contributed by atoms with E-state index in [1.54, 1.807) is 0 Å². The summed E-state index contributed by atoms with van der Waals surface area (Å²) in [7, 11) is -9.92. The molecule has 0 aromatic heterocycles. The molecule has 0 spiro atoms. The summed E-state index contributed by atoms with van der Waals surface area (Å²) >= 11 is 0. The first-order chi connectivity index (χ1) is 49.5. The molecule has 0 aromatic rings. The van der Waals surface area contributed by atoms with E-state index in [0.717, 1.165) is 95.8 Å². The molecule has 5 atom stereocenters. The van der Waals surface area contributed by atoms with Crippen LogP contribution in [0.1, 0.15) is 446 Å². The molecule has 19 heteroatoms. The third-order valence-electron chi connectivity index (χ3n) is 19.5. The van der Waals surface area contributed by atoms with Crippen molar-refractivity contribution in [1.29, 1.82) is 0 Å². The van der Waals surface area contributed by atoms with Crippen molar-refractivity contribution >= 4 is 39.5 Å². The Morgan fingerprint density at radius 1 is 0.265 bits per heavy atom. The maximum absolute atomic E-state index is 13.1. The van der Waals surface area contributed by atoms with Gasteiger partial charge in [0, 0.05) is 25.7 Å². The van der Waals surface area contributed by atoms with Gasteiger partial charge in [0.05, 0.1) is 26.4 Å². The van der Waals surface area contributed by atoms with E-state index in [-0.39, 0.29) is 25.7 Å². The van der Waals surface area contributed by atoms with E-state index in [1.165, 1.54) is 270 Å². The van der Waals surface area contributed by atoms with Gasteiger partial charge in [0.1, 0.15) is 19.3 Å². The number of carbonyl (C=O) groups excluding carboxylic acids is 4. The highest BCUT2D eigenvalue weighted by atomic mass is 31.2. The Labute approximate surface area is 626 Å². The van der Waals surface area contributed by atoms with Gasteiger partial charge in [-0.25, -0.2) is 9.13 Å². The van der Waals surface area contributed by atoms with Crippen molar-refractivity contribution in [2.75, 3.05) is 39.6 Å². The highest BCUT2D eigenvalue weighted by Crippen LogP contribution is 2.45. The lowest BCUT2D eigenvalue weighted by molar-refractivity contribution is -0.161. The molecule has 0 fully saturated rings. The molecule has 0 aromatic carbocycles. The maximum Gasteiger partial charge on any atom is 0.472 e. The van der Waals surface area contributed by atoms with Crippen LogP contribution in [0.25, 0.3) is 0 Å². The molecule has 0 aliphatic carbocycles. The van der Waals surface area contributed by atoms with Crippen LogP contribution in [0.3, 0.4) is 0 Å². The highest BCUT2D eigenvalue weighted by Gasteiger charge is 2.30. The Morgan fingerprint density at radius 2 is 0.451 bits per heavy atom. The molecule has 0 radical (unpaired) electrons. The van der Waals surface area contributed by atoms with Crippen LogP contribution in [0, 0.1) is 5.92 Å². The SMILES string of the molecule is CCCCCCCCCCCCCCCCCCC(=O)OC[C@H](COP(=O)(O)OC[C@@H](O)COP(=O)(O)OC[C@@H](COC(=O)CCCCCCCCCCCCC)OC(=O)CCCCCCCCCCCCCCCCCC)OC(=O)CCCCCCCCCCCCCCCCCCC(C)C. The molecule has 0 saturated heterocycles. The molecular formula is C83H162O17P2. The van der Waals surface area contributed by atoms with Gasteiger partial charge >= 0.3 is 39.5 Å². The average molecular weight is 1490 g/mol. The van der Waals surface area contributed by atoms with Crippen molar-refractivity contribution in [2.45, 2.75) is 464 Å². The Kier molecular flexibility index (Phi) is 74.4. The zero-order chi connectivity index (χ0) is 74.8. The summed E-state index contributed by atoms with van der Waals surface area (Å²) in [4.78, 5) is 73.1. The first-order valence-corrected chi connectivity index (χ1v) is 46.1. The van der Waals surface area contributed by atoms with Gasteiger partial charge in [-0.1, -0.05) is 394 Å². The normalized spacial score (nSPS) is 13.8. The lowest BCUT2D eigenvalue weighted by Crippen LogP contribution is -2.30. The summed E-state index contributed by atoms with van der Waals surface area (Å²) in [5.41, 5.74) is 0. The van der Waals surface area contributed by atoms with Crippen LogP contribution in [0.15, 0.2) is 0 Å². The molecule has 0 saturated carbocycles. The van der Waals surface area contributed by atoms with Crippen molar-refractivity contribution in [3.05, 3.63) is 0 Å². The Hall–Kier alpha value is -1.94. The van der Waals surface area contributed by atoms with Gasteiger partial charge in [-0.05, 0) is 31.6 Å². The van der Waals surface area contributed by atoms with Crippen molar-refractivity contribution < 1.29 is 80.2 Å². The molecule has 17 nitrogen and oxygen atoms in total. The van der Waals surface area contributed by atoms with Gasteiger partial charge in [0.2, 0.25) is 0 Å². The number of aliphatic hydroxyl groups excluding tert-OH is 1. The summed E-state index contributed by atoms with van der Waals surface area (Å²) in [6, 6.07) is 0. The zero-order valence-corrected chi connectivity index (χ0v) is 68.5. The minimum absolute atomic E-state index is 0.109. The number of ether oxygens (including phenoxy) is 4. The summed E-state index contributed by atoms with van der Waals surface area (Å²) < 4.78 is 68.8. The maximum atomic E-state index is 13.1. The standard InChI is InChI=1S/C83H162O17P2/c1-6-9-12-15-18-21-24-26-28-33-37-42-47-52-57-62-67-81(86)94-73-79(100-83(88)69-64-59-54-49-44-39-35-31-30-32-36-41-45-50-55-60-65-76(4)5)75-98-102(91,92)96-71-77(84)70-95-101(89,90)97-74-78(72-93-80(85)66-61-56-51-46-40-23-20-17-14-11-8-3)99-82(87)68-63-58-53-48-43-38-34-29-27-25-22-19-16-13-10-7-2/h76-79,84H,6-75H2,1-5H3,(H,89,90)(H,91,92)/t77-,78+,79+/m0/s1. The summed E-state index contributed by atoms with van der Waals surface area (Å²) in [5.74, 6) is -1.29. The summed E-state index contributed by atoms with van der Waals surface area (Å²) in [6.45, 7) is 7.38. The highest BCUT2D eigenvalue weighted by molar-refractivity contribution is 7.47. The van der Waals surface area contributed by atoms with Crippen LogP contribution in [-0.4, -0.2) is 96.7 Å². The van der Waals surface area contributed by atoms with Crippen molar-refractivity contribution in [2.24, 2.45) is 5.92 Å². The average Bonchev–Trinajstić information content (AvgIpc) is 0.931. The van der Waals surface area contributed by atoms with Crippen LogP contribution in [-0.2, 0) is 65.4 Å². The molecule has 0 rings (SSSR count). The Bertz CT molecular complexity index is 1940. The Morgan fingerprint density at radius 3 is 0.667 bits per heavy atom. The molecule has 0 amide bonds. The molecule has 0 aliphatic heterocycles. The lowest BCUT2D eigenvalue weighted by atomic mass is 10.0. The lowest BCUT2D eigenvalue weighted by Gasteiger charge is -2.21. The van der Waals surface area contributed by atoms with Crippen LogP contribution in [0.4, 0.5) is 0 Å². The molecule has 0 heterocycles. The molecular weight excluding hydrogens is 1330 g/mol. The van der Waals surface area contributed by atoms with Crippen LogP contribution < -0.4 is 0 Å². The first-order valence-electron chi connectivity index (χ1n) is 43.1. The largest absolute Gasteiger partial charge is 0.472 e. The predicted octanol–water partition coefficient (Wildman–Crippen LogP) is 25.2. The molecule has 0 bridgehead atoms. The fourth-order valence-corrected chi connectivity index (χ4v) is 14.5. The molecule has 102 heavy (non-hydrogen) atoms. The third-order valence-corrected chi connectivity index (χ3v) is 21.4. The minimum Gasteiger partial charge on any atom is -0.462 e. The number of hydrogen-bond donors (Lipinski definition) is 3. The minimum atomic E-state index is -4.96. The van der Waals surface area contributed by atoms with Crippen molar-refractivity contribution in [3.63, 3.8) is 0 Å². The third kappa shape index (κ3) is 76.3. The second-order valence-corrected chi connectivity index (χ2v) is 33.3. The van der Waals surface area contributed by atoms with E-state index in [9.17, 15) is 43.2 Å². The first kappa shape index (κ1) is 100. The number of carbonyl (C=O) groups is 4. The predicted molar refractivity (Wildman–Crippen MR) is 418 cm³/mol. The number of aliphatic hydroxyl groups is 1.